The third-order valence-electron chi connectivity index (χ3n) is 3.92. The molecule has 0 radical (unpaired) electrons. The highest BCUT2D eigenvalue weighted by molar-refractivity contribution is 5.80. The zero-order valence-corrected chi connectivity index (χ0v) is 16.1. The van der Waals surface area contributed by atoms with E-state index in [1.807, 2.05) is 12.1 Å². The van der Waals surface area contributed by atoms with Crippen molar-refractivity contribution in [3.63, 3.8) is 0 Å². The second-order valence-corrected chi connectivity index (χ2v) is 6.03. The van der Waals surface area contributed by atoms with Crippen LogP contribution in [0.2, 0.25) is 0 Å². The van der Waals surface area contributed by atoms with E-state index < -0.39 is 0 Å². The molecule has 1 aromatic carbocycles. The quantitative estimate of drug-likeness (QED) is 0.538. The van der Waals surface area contributed by atoms with Crippen LogP contribution in [-0.4, -0.2) is 50.2 Å². The van der Waals surface area contributed by atoms with E-state index in [-0.39, 0.29) is 6.04 Å². The molecule has 0 saturated heterocycles. The summed E-state index contributed by atoms with van der Waals surface area (Å²) in [5, 5.41) is 6.69. The standard InChI is InChI=1S/C19H34N4O/c1-7-20-19(22-15(4)5)21-14-18(23(8-2)9-3)16-11-10-12-17(13-16)24-6/h10-13,15,18H,7-9,14H2,1-6H3,(H2,20,21,22). The molecule has 5 nitrogen and oxygen atoms in total. The minimum Gasteiger partial charge on any atom is -0.497 e. The van der Waals surface area contributed by atoms with Crippen molar-refractivity contribution in [1.82, 2.24) is 15.5 Å². The molecule has 1 atom stereocenters. The number of methoxy groups -OCH3 is 1. The third-order valence-corrected chi connectivity index (χ3v) is 3.92. The Bertz CT molecular complexity index is 498. The number of nitrogens with one attached hydrogen (secondary N) is 2. The van der Waals surface area contributed by atoms with Gasteiger partial charge in [-0.15, -0.1) is 0 Å². The van der Waals surface area contributed by atoms with Crippen molar-refractivity contribution < 1.29 is 4.74 Å². The summed E-state index contributed by atoms with van der Waals surface area (Å²) in [6.45, 7) is 14.2. The van der Waals surface area contributed by atoms with Gasteiger partial charge in [-0.3, -0.25) is 9.89 Å². The zero-order chi connectivity index (χ0) is 17.9. The van der Waals surface area contributed by atoms with E-state index in [9.17, 15) is 0 Å². The predicted molar refractivity (Wildman–Crippen MR) is 103 cm³/mol. The molecule has 24 heavy (non-hydrogen) atoms. The third kappa shape index (κ3) is 6.40. The Balaban J connectivity index is 3.04. The molecule has 0 heterocycles. The van der Waals surface area contributed by atoms with Crippen molar-refractivity contribution in [2.24, 2.45) is 4.99 Å². The number of likely N-dealkylation sites (N-methyl/N-ethyl adjacent to an activating group) is 1. The van der Waals surface area contributed by atoms with E-state index in [0.29, 0.717) is 12.6 Å². The first kappa shape index (κ1) is 20.3. The summed E-state index contributed by atoms with van der Waals surface area (Å²) in [6, 6.07) is 8.89. The summed E-state index contributed by atoms with van der Waals surface area (Å²) in [4.78, 5) is 7.24. The Hall–Kier alpha value is -1.75. The fourth-order valence-electron chi connectivity index (χ4n) is 2.72. The molecule has 0 saturated carbocycles. The lowest BCUT2D eigenvalue weighted by Gasteiger charge is -2.29. The van der Waals surface area contributed by atoms with Crippen molar-refractivity contribution in [1.29, 1.82) is 0 Å². The lowest BCUT2D eigenvalue weighted by Crippen LogP contribution is -2.41. The normalized spacial score (nSPS) is 13.2. The van der Waals surface area contributed by atoms with Gasteiger partial charge in [0.2, 0.25) is 0 Å². The van der Waals surface area contributed by atoms with Gasteiger partial charge in [0.1, 0.15) is 5.75 Å². The first-order chi connectivity index (χ1) is 11.5. The number of benzene rings is 1. The summed E-state index contributed by atoms with van der Waals surface area (Å²) >= 11 is 0. The molecule has 2 N–H and O–H groups in total. The Morgan fingerprint density at radius 1 is 1.21 bits per heavy atom. The van der Waals surface area contributed by atoms with Crippen LogP contribution in [0.4, 0.5) is 0 Å². The number of ether oxygens (including phenoxy) is 1. The van der Waals surface area contributed by atoms with Crippen LogP contribution in [0.1, 0.15) is 46.2 Å². The van der Waals surface area contributed by atoms with Gasteiger partial charge in [0.05, 0.1) is 19.7 Å². The van der Waals surface area contributed by atoms with Crippen molar-refractivity contribution in [3.8, 4) is 5.75 Å². The number of hydrogen-bond donors (Lipinski definition) is 2. The van der Waals surface area contributed by atoms with E-state index >= 15 is 0 Å². The summed E-state index contributed by atoms with van der Waals surface area (Å²) < 4.78 is 5.39. The fourth-order valence-corrected chi connectivity index (χ4v) is 2.72. The fraction of sp³-hybridized carbons (Fsp3) is 0.632. The molecule has 136 valence electrons. The van der Waals surface area contributed by atoms with Crippen LogP contribution >= 0.6 is 0 Å². The van der Waals surface area contributed by atoms with E-state index in [4.69, 9.17) is 9.73 Å². The first-order valence-corrected chi connectivity index (χ1v) is 8.98. The van der Waals surface area contributed by atoms with Gasteiger partial charge >= 0.3 is 0 Å². The molecule has 0 aliphatic heterocycles. The molecule has 0 aliphatic rings. The van der Waals surface area contributed by atoms with Gasteiger partial charge in [-0.1, -0.05) is 26.0 Å². The molecule has 0 aliphatic carbocycles. The number of guanidine groups is 1. The molecule has 0 fully saturated rings. The average molecular weight is 335 g/mol. The van der Waals surface area contributed by atoms with E-state index in [1.54, 1.807) is 7.11 Å². The summed E-state index contributed by atoms with van der Waals surface area (Å²) in [5.74, 6) is 1.76. The van der Waals surface area contributed by atoms with Gasteiger partial charge in [0.15, 0.2) is 5.96 Å². The second kappa shape index (κ2) is 10.9. The van der Waals surface area contributed by atoms with Gasteiger partial charge < -0.3 is 15.4 Å². The summed E-state index contributed by atoms with van der Waals surface area (Å²) in [5.41, 5.74) is 1.24. The van der Waals surface area contributed by atoms with Gasteiger partial charge in [0, 0.05) is 12.6 Å². The maximum absolute atomic E-state index is 5.39. The lowest BCUT2D eigenvalue weighted by atomic mass is 10.0. The topological polar surface area (TPSA) is 48.9 Å². The molecular weight excluding hydrogens is 300 g/mol. The number of hydrogen-bond acceptors (Lipinski definition) is 3. The predicted octanol–water partition coefficient (Wildman–Crippen LogP) is 3.04. The Morgan fingerprint density at radius 3 is 2.46 bits per heavy atom. The molecule has 1 aromatic rings. The molecule has 5 heteroatoms. The van der Waals surface area contributed by atoms with Gasteiger partial charge in [-0.05, 0) is 51.6 Å². The zero-order valence-electron chi connectivity index (χ0n) is 16.1. The van der Waals surface area contributed by atoms with Crippen LogP contribution in [0.15, 0.2) is 29.3 Å². The van der Waals surface area contributed by atoms with Crippen LogP contribution in [0.5, 0.6) is 5.75 Å². The minimum absolute atomic E-state index is 0.234. The highest BCUT2D eigenvalue weighted by Crippen LogP contribution is 2.24. The maximum atomic E-state index is 5.39. The average Bonchev–Trinajstić information content (AvgIpc) is 2.58. The smallest absolute Gasteiger partial charge is 0.191 e. The minimum atomic E-state index is 0.234. The van der Waals surface area contributed by atoms with Crippen LogP contribution in [0.25, 0.3) is 0 Å². The van der Waals surface area contributed by atoms with Crippen molar-refractivity contribution in [2.45, 2.75) is 46.7 Å². The van der Waals surface area contributed by atoms with Gasteiger partial charge in [-0.2, -0.15) is 0 Å². The van der Waals surface area contributed by atoms with Crippen molar-refractivity contribution in [2.75, 3.05) is 33.3 Å². The molecule has 0 bridgehead atoms. The van der Waals surface area contributed by atoms with Crippen molar-refractivity contribution >= 4 is 5.96 Å². The molecule has 0 aromatic heterocycles. The van der Waals surface area contributed by atoms with E-state index in [2.05, 4.69) is 62.3 Å². The van der Waals surface area contributed by atoms with Crippen LogP contribution in [0, 0.1) is 0 Å². The van der Waals surface area contributed by atoms with Gasteiger partial charge in [-0.25, -0.2) is 0 Å². The lowest BCUT2D eigenvalue weighted by molar-refractivity contribution is 0.224. The summed E-state index contributed by atoms with van der Waals surface area (Å²) in [7, 11) is 1.71. The highest BCUT2D eigenvalue weighted by atomic mass is 16.5. The molecule has 0 spiro atoms. The second-order valence-electron chi connectivity index (χ2n) is 6.03. The van der Waals surface area contributed by atoms with Crippen LogP contribution < -0.4 is 15.4 Å². The monoisotopic (exact) mass is 334 g/mol. The molecule has 1 rings (SSSR count). The van der Waals surface area contributed by atoms with E-state index in [1.165, 1.54) is 5.56 Å². The number of nitrogens with zero attached hydrogens (tertiary/aromatic N) is 2. The van der Waals surface area contributed by atoms with Crippen LogP contribution in [-0.2, 0) is 0 Å². The SMILES string of the molecule is CCNC(=NCC(c1cccc(OC)c1)N(CC)CC)NC(C)C. The van der Waals surface area contributed by atoms with Crippen molar-refractivity contribution in [3.05, 3.63) is 29.8 Å². The Labute approximate surface area is 147 Å². The number of aliphatic imine (C=N–C) groups is 1. The Morgan fingerprint density at radius 2 is 1.92 bits per heavy atom. The summed E-state index contributed by atoms with van der Waals surface area (Å²) in [6.07, 6.45) is 0. The maximum Gasteiger partial charge on any atom is 0.191 e. The molecule has 1 unspecified atom stereocenters. The Kier molecular flexibility index (Phi) is 9.23. The highest BCUT2D eigenvalue weighted by Gasteiger charge is 2.18. The van der Waals surface area contributed by atoms with Crippen LogP contribution in [0.3, 0.4) is 0 Å². The molecule has 0 amide bonds. The largest absolute Gasteiger partial charge is 0.497 e. The molecular formula is C19H34N4O. The first-order valence-electron chi connectivity index (χ1n) is 8.98. The van der Waals surface area contributed by atoms with E-state index in [0.717, 1.165) is 31.3 Å². The van der Waals surface area contributed by atoms with Gasteiger partial charge in [0.25, 0.3) is 0 Å². The number of rotatable bonds is 9.